The third-order valence-corrected chi connectivity index (χ3v) is 8.80. The molecular weight excluding hydrogens is 633 g/mol. The lowest BCUT2D eigenvalue weighted by Gasteiger charge is -2.23. The van der Waals surface area contributed by atoms with Gasteiger partial charge in [0, 0.05) is 48.7 Å². The molecule has 224 valence electrons. The van der Waals surface area contributed by atoms with Crippen LogP contribution in [0.2, 0.25) is 0 Å². The van der Waals surface area contributed by atoms with E-state index in [1.807, 2.05) is 24.4 Å². The van der Waals surface area contributed by atoms with Gasteiger partial charge in [0.1, 0.15) is 29.1 Å². The number of benzene rings is 1. The van der Waals surface area contributed by atoms with Gasteiger partial charge in [0.15, 0.2) is 17.2 Å². The molecule has 5 aromatic rings. The molecular formula is C30H27BrFN9O3. The molecule has 2 amide bonds. The average Bonchev–Trinajstić information content (AvgIpc) is 3.48. The number of anilines is 1. The number of Topliss-reactive ketones (excluding diaryl/α,β-unsaturated/α-hetero) is 1. The number of ketones is 1. The summed E-state index contributed by atoms with van der Waals surface area (Å²) in [5.74, 6) is -0.623. The number of carbonyl (C=O) groups excluding carboxylic acids is 3. The Morgan fingerprint density at radius 2 is 1.91 bits per heavy atom. The predicted molar refractivity (Wildman–Crippen MR) is 162 cm³/mol. The minimum Gasteiger partial charge on any atom is -0.326 e. The summed E-state index contributed by atoms with van der Waals surface area (Å²) < 4.78 is 18.2. The number of amides is 2. The third kappa shape index (κ3) is 5.23. The highest BCUT2D eigenvalue weighted by molar-refractivity contribution is 9.10. The second-order valence-electron chi connectivity index (χ2n) is 11.3. The number of alkyl halides is 1. The lowest BCUT2D eigenvalue weighted by molar-refractivity contribution is -0.137. The van der Waals surface area contributed by atoms with Crippen LogP contribution < -0.4 is 5.32 Å². The Morgan fingerprint density at radius 3 is 2.66 bits per heavy atom. The lowest BCUT2D eigenvalue weighted by Crippen LogP contribution is -2.44. The highest BCUT2D eigenvalue weighted by Crippen LogP contribution is 2.39. The first-order chi connectivity index (χ1) is 21.1. The van der Waals surface area contributed by atoms with Crippen molar-refractivity contribution in [2.45, 2.75) is 57.8 Å². The molecule has 1 saturated carbocycles. The van der Waals surface area contributed by atoms with E-state index in [1.165, 1.54) is 22.7 Å². The van der Waals surface area contributed by atoms with E-state index in [0.29, 0.717) is 27.1 Å². The van der Waals surface area contributed by atoms with Gasteiger partial charge in [-0.3, -0.25) is 24.0 Å². The van der Waals surface area contributed by atoms with Crippen molar-refractivity contribution in [3.63, 3.8) is 0 Å². The zero-order valence-electron chi connectivity index (χ0n) is 23.9. The molecule has 44 heavy (non-hydrogen) atoms. The number of nitrogens with one attached hydrogen (secondary N) is 1. The molecule has 0 bridgehead atoms. The Hall–Kier alpha value is -4.59. The van der Waals surface area contributed by atoms with Crippen LogP contribution in [-0.4, -0.2) is 75.6 Å². The number of hydrogen-bond acceptors (Lipinski definition) is 8. The minimum atomic E-state index is -1.36. The molecule has 0 spiro atoms. The van der Waals surface area contributed by atoms with Crippen molar-refractivity contribution in [3.8, 4) is 11.1 Å². The molecule has 1 aromatic carbocycles. The molecule has 12 nitrogen and oxygen atoms in total. The Morgan fingerprint density at radius 1 is 1.09 bits per heavy atom. The summed E-state index contributed by atoms with van der Waals surface area (Å²) in [6.07, 6.45) is 5.86. The largest absolute Gasteiger partial charge is 0.326 e. The number of hydrogen-bond donors (Lipinski definition) is 1. The minimum absolute atomic E-state index is 0.142. The fraction of sp³-hybridized carbons (Fsp3) is 0.333. The highest BCUT2D eigenvalue weighted by Gasteiger charge is 2.40. The van der Waals surface area contributed by atoms with Crippen molar-refractivity contribution in [1.29, 1.82) is 0 Å². The first-order valence-electron chi connectivity index (χ1n) is 14.3. The van der Waals surface area contributed by atoms with Gasteiger partial charge in [0.2, 0.25) is 11.8 Å². The highest BCUT2D eigenvalue weighted by atomic mass is 79.9. The van der Waals surface area contributed by atoms with Crippen molar-refractivity contribution in [1.82, 2.24) is 39.2 Å². The van der Waals surface area contributed by atoms with Gasteiger partial charge in [-0.05, 0) is 53.4 Å². The SMILES string of the molecule is CC(=O)c1nn(CC(=O)N2C[C@H](F)C[C@H]2C(=O)Nc2cnc(C)c(Br)n2)c2ccc(-c3cnc4cc(C5CC5)nn4c3)cc12. The second kappa shape index (κ2) is 10.8. The van der Waals surface area contributed by atoms with Crippen molar-refractivity contribution in [2.24, 2.45) is 0 Å². The Labute approximate surface area is 258 Å². The van der Waals surface area contributed by atoms with E-state index in [-0.39, 0.29) is 36.8 Å². The molecule has 0 unspecified atom stereocenters. The van der Waals surface area contributed by atoms with Crippen molar-refractivity contribution < 1.29 is 18.8 Å². The van der Waals surface area contributed by atoms with E-state index in [1.54, 1.807) is 23.7 Å². The van der Waals surface area contributed by atoms with Crippen molar-refractivity contribution >= 4 is 55.9 Å². The summed E-state index contributed by atoms with van der Waals surface area (Å²) in [6.45, 7) is 2.67. The van der Waals surface area contributed by atoms with Gasteiger partial charge in [-0.15, -0.1) is 0 Å². The molecule has 1 saturated heterocycles. The number of aryl methyl sites for hydroxylation is 1. The van der Waals surface area contributed by atoms with Crippen LogP contribution in [0.15, 0.2) is 47.5 Å². The number of fused-ring (bicyclic) bond motifs is 2. The number of halogens is 2. The van der Waals surface area contributed by atoms with Gasteiger partial charge >= 0.3 is 0 Å². The smallest absolute Gasteiger partial charge is 0.248 e. The van der Waals surface area contributed by atoms with Crippen LogP contribution in [0.4, 0.5) is 10.2 Å². The van der Waals surface area contributed by atoms with Crippen LogP contribution in [0.5, 0.6) is 0 Å². The van der Waals surface area contributed by atoms with E-state index < -0.39 is 24.0 Å². The first kappa shape index (κ1) is 28.2. The van der Waals surface area contributed by atoms with Gasteiger partial charge in [0.05, 0.1) is 29.6 Å². The van der Waals surface area contributed by atoms with E-state index >= 15 is 0 Å². The molecule has 1 N–H and O–H groups in total. The van der Waals surface area contributed by atoms with E-state index in [0.717, 1.165) is 35.3 Å². The zero-order valence-corrected chi connectivity index (χ0v) is 25.5. The van der Waals surface area contributed by atoms with Gasteiger partial charge in [-0.2, -0.15) is 10.2 Å². The predicted octanol–water partition coefficient (Wildman–Crippen LogP) is 4.26. The zero-order chi connectivity index (χ0) is 30.7. The fourth-order valence-electron chi connectivity index (χ4n) is 5.59. The monoisotopic (exact) mass is 659 g/mol. The van der Waals surface area contributed by atoms with Crippen molar-refractivity contribution in [3.05, 3.63) is 64.5 Å². The molecule has 1 aliphatic carbocycles. The molecule has 2 aliphatic rings. The maximum atomic E-state index is 14.6. The maximum absolute atomic E-state index is 14.6. The number of nitrogens with zero attached hydrogens (tertiary/aromatic N) is 8. The topological polar surface area (TPSA) is 140 Å². The molecule has 2 atom stereocenters. The molecule has 5 heterocycles. The van der Waals surface area contributed by atoms with Crippen molar-refractivity contribution in [2.75, 3.05) is 11.9 Å². The first-order valence-corrected chi connectivity index (χ1v) is 15.0. The summed E-state index contributed by atoms with van der Waals surface area (Å²) in [5.41, 5.74) is 4.86. The molecule has 2 fully saturated rings. The van der Waals surface area contributed by atoms with E-state index in [2.05, 4.69) is 46.4 Å². The summed E-state index contributed by atoms with van der Waals surface area (Å²) in [6, 6.07) is 6.48. The van der Waals surface area contributed by atoms with Crippen LogP contribution in [0, 0.1) is 6.92 Å². The summed E-state index contributed by atoms with van der Waals surface area (Å²) in [5, 5.41) is 12.3. The Kier molecular flexibility index (Phi) is 6.95. The van der Waals surface area contributed by atoms with Gasteiger partial charge in [-0.25, -0.2) is 18.9 Å². The van der Waals surface area contributed by atoms with Gasteiger partial charge in [-0.1, -0.05) is 6.07 Å². The van der Waals surface area contributed by atoms with Crippen LogP contribution in [0.1, 0.15) is 54.0 Å². The number of likely N-dealkylation sites (tertiary alicyclic amines) is 1. The number of carbonyl (C=O) groups is 3. The van der Waals surface area contributed by atoms with Crippen LogP contribution in [0.3, 0.4) is 0 Å². The van der Waals surface area contributed by atoms with Crippen LogP contribution in [-0.2, 0) is 16.1 Å². The molecule has 1 aliphatic heterocycles. The van der Waals surface area contributed by atoms with E-state index in [4.69, 9.17) is 0 Å². The average molecular weight is 661 g/mol. The van der Waals surface area contributed by atoms with Crippen LogP contribution in [0.25, 0.3) is 27.7 Å². The molecule has 4 aromatic heterocycles. The quantitative estimate of drug-likeness (QED) is 0.256. The molecule has 14 heteroatoms. The Bertz CT molecular complexity index is 1990. The second-order valence-corrected chi connectivity index (χ2v) is 12.0. The number of rotatable bonds is 7. The fourth-order valence-corrected chi connectivity index (χ4v) is 5.88. The molecule has 7 rings (SSSR count). The third-order valence-electron chi connectivity index (χ3n) is 8.05. The Balaban J connectivity index is 1.15. The summed E-state index contributed by atoms with van der Waals surface area (Å²) in [7, 11) is 0. The van der Waals surface area contributed by atoms with Gasteiger partial charge in [0.25, 0.3) is 0 Å². The normalized spacial score (nSPS) is 18.3. The van der Waals surface area contributed by atoms with E-state index in [9.17, 15) is 18.8 Å². The van der Waals surface area contributed by atoms with Gasteiger partial charge < -0.3 is 10.2 Å². The van der Waals surface area contributed by atoms with Crippen LogP contribution >= 0.6 is 15.9 Å². The number of aromatic nitrogens is 7. The lowest BCUT2D eigenvalue weighted by atomic mass is 10.0. The maximum Gasteiger partial charge on any atom is 0.248 e. The standard InChI is InChI=1S/C30H27BrFN9O3/c1-15-29(31)35-25(11-33-15)36-30(44)24-8-20(32)13-39(24)27(43)14-40-23-6-5-18(7-21(23)28(38-40)16(2)42)19-10-34-26-9-22(17-3-4-17)37-41(26)12-19/h5-7,9-12,17,20,24H,3-4,8,13-14H2,1-2H3,(H,35,36,44)/t20-,24+/m1/s1. The summed E-state index contributed by atoms with van der Waals surface area (Å²) in [4.78, 5) is 53.3. The molecule has 0 radical (unpaired) electrons. The summed E-state index contributed by atoms with van der Waals surface area (Å²) >= 11 is 3.28.